The number of halogens is 2. The molecule has 0 fully saturated rings. The van der Waals surface area contributed by atoms with Crippen molar-refractivity contribution < 1.29 is 9.21 Å². The lowest BCUT2D eigenvalue weighted by atomic mass is 10.2. The van der Waals surface area contributed by atoms with Crippen LogP contribution in [-0.2, 0) is 0 Å². The van der Waals surface area contributed by atoms with Gasteiger partial charge in [0.05, 0.1) is 10.7 Å². The zero-order valence-electron chi connectivity index (χ0n) is 11.6. The standard InChI is InChI=1S/C16H10Cl2N2O2S/c17-10-5-6-11(18)12(8-10)19-16(23)20-15(21)14-7-9-3-1-2-4-13(9)22-14/h1-8H,(H2,19,20,21,23). The SMILES string of the molecule is O=C(NC(=S)Nc1cc(Cl)ccc1Cl)c1cc2ccccc2o1. The molecule has 7 heteroatoms. The first kappa shape index (κ1) is 15.8. The Hall–Kier alpha value is -2.08. The van der Waals surface area contributed by atoms with Crippen molar-refractivity contribution in [1.29, 1.82) is 0 Å². The van der Waals surface area contributed by atoms with Gasteiger partial charge in [-0.2, -0.15) is 0 Å². The minimum Gasteiger partial charge on any atom is -0.451 e. The molecule has 0 spiro atoms. The van der Waals surface area contributed by atoms with Crippen molar-refractivity contribution in [3.63, 3.8) is 0 Å². The fourth-order valence-corrected chi connectivity index (χ4v) is 2.54. The van der Waals surface area contributed by atoms with E-state index in [2.05, 4.69) is 10.6 Å². The first-order valence-corrected chi connectivity index (χ1v) is 7.75. The molecular weight excluding hydrogens is 355 g/mol. The van der Waals surface area contributed by atoms with Crippen LogP contribution in [0.5, 0.6) is 0 Å². The van der Waals surface area contributed by atoms with E-state index in [-0.39, 0.29) is 10.9 Å². The van der Waals surface area contributed by atoms with Gasteiger partial charge in [0.1, 0.15) is 5.58 Å². The van der Waals surface area contributed by atoms with E-state index in [1.165, 1.54) is 0 Å². The lowest BCUT2D eigenvalue weighted by Gasteiger charge is -2.10. The molecule has 3 aromatic rings. The number of hydrogen-bond acceptors (Lipinski definition) is 3. The van der Waals surface area contributed by atoms with Gasteiger partial charge < -0.3 is 9.73 Å². The molecule has 1 amide bonds. The van der Waals surface area contributed by atoms with E-state index in [9.17, 15) is 4.79 Å². The number of anilines is 1. The Kier molecular flexibility index (Phi) is 4.52. The molecule has 2 aromatic carbocycles. The lowest BCUT2D eigenvalue weighted by molar-refractivity contribution is 0.0953. The van der Waals surface area contributed by atoms with Crippen molar-refractivity contribution >= 4 is 63.1 Å². The van der Waals surface area contributed by atoms with E-state index >= 15 is 0 Å². The predicted octanol–water partition coefficient (Wildman–Crippen LogP) is 4.87. The van der Waals surface area contributed by atoms with Gasteiger partial charge in [0, 0.05) is 10.4 Å². The summed E-state index contributed by atoms with van der Waals surface area (Å²) in [6.07, 6.45) is 0. The molecule has 0 aliphatic carbocycles. The highest BCUT2D eigenvalue weighted by atomic mass is 35.5. The average molecular weight is 365 g/mol. The van der Waals surface area contributed by atoms with Crippen LogP contribution in [0.25, 0.3) is 11.0 Å². The molecule has 2 N–H and O–H groups in total. The molecule has 1 heterocycles. The van der Waals surface area contributed by atoms with E-state index in [4.69, 9.17) is 39.8 Å². The molecule has 0 aliphatic rings. The summed E-state index contributed by atoms with van der Waals surface area (Å²) in [5.74, 6) is -0.274. The Bertz CT molecular complexity index is 875. The third-order valence-corrected chi connectivity index (χ3v) is 3.82. The fourth-order valence-electron chi connectivity index (χ4n) is 2.01. The summed E-state index contributed by atoms with van der Waals surface area (Å²) in [7, 11) is 0. The van der Waals surface area contributed by atoms with Gasteiger partial charge in [-0.05, 0) is 42.5 Å². The van der Waals surface area contributed by atoms with Crippen molar-refractivity contribution in [2.75, 3.05) is 5.32 Å². The molecule has 0 unspecified atom stereocenters. The molecule has 0 saturated carbocycles. The minimum atomic E-state index is -0.447. The number of hydrogen-bond donors (Lipinski definition) is 2. The minimum absolute atomic E-state index is 0.0969. The van der Waals surface area contributed by atoms with Crippen LogP contribution in [-0.4, -0.2) is 11.0 Å². The molecule has 4 nitrogen and oxygen atoms in total. The third-order valence-electron chi connectivity index (χ3n) is 3.05. The quantitative estimate of drug-likeness (QED) is 0.637. The van der Waals surface area contributed by atoms with Gasteiger partial charge in [-0.25, -0.2) is 0 Å². The maximum atomic E-state index is 12.2. The molecule has 116 valence electrons. The first-order chi connectivity index (χ1) is 11.0. The summed E-state index contributed by atoms with van der Waals surface area (Å²) in [4.78, 5) is 12.2. The van der Waals surface area contributed by atoms with Crippen LogP contribution in [0.4, 0.5) is 5.69 Å². The van der Waals surface area contributed by atoms with Gasteiger partial charge in [0.25, 0.3) is 5.91 Å². The highest BCUT2D eigenvalue weighted by Crippen LogP contribution is 2.25. The predicted molar refractivity (Wildman–Crippen MR) is 96.4 cm³/mol. The maximum absolute atomic E-state index is 12.2. The molecule has 0 saturated heterocycles. The number of nitrogens with one attached hydrogen (secondary N) is 2. The lowest BCUT2D eigenvalue weighted by Crippen LogP contribution is -2.33. The maximum Gasteiger partial charge on any atom is 0.293 e. The summed E-state index contributed by atoms with van der Waals surface area (Å²) < 4.78 is 5.48. The number of furan rings is 1. The zero-order chi connectivity index (χ0) is 16.4. The highest BCUT2D eigenvalue weighted by molar-refractivity contribution is 7.80. The van der Waals surface area contributed by atoms with Crippen LogP contribution in [0.1, 0.15) is 10.6 Å². The Labute approximate surface area is 147 Å². The number of carbonyl (C=O) groups excluding carboxylic acids is 1. The molecular formula is C16H10Cl2N2O2S. The number of benzene rings is 2. The summed E-state index contributed by atoms with van der Waals surface area (Å²) in [5, 5.41) is 7.25. The van der Waals surface area contributed by atoms with Gasteiger partial charge >= 0.3 is 0 Å². The molecule has 23 heavy (non-hydrogen) atoms. The molecule has 1 aromatic heterocycles. The van der Waals surface area contributed by atoms with Crippen LogP contribution >= 0.6 is 35.4 Å². The number of para-hydroxylation sites is 1. The van der Waals surface area contributed by atoms with Crippen molar-refractivity contribution in [3.05, 3.63) is 64.3 Å². The molecule has 0 bridgehead atoms. The van der Waals surface area contributed by atoms with E-state index < -0.39 is 5.91 Å². The van der Waals surface area contributed by atoms with Gasteiger partial charge in [-0.1, -0.05) is 41.4 Å². The molecule has 0 radical (unpaired) electrons. The van der Waals surface area contributed by atoms with Gasteiger partial charge in [0.15, 0.2) is 10.9 Å². The summed E-state index contributed by atoms with van der Waals surface area (Å²) in [6.45, 7) is 0. The monoisotopic (exact) mass is 364 g/mol. The van der Waals surface area contributed by atoms with E-state index in [1.54, 1.807) is 30.3 Å². The van der Waals surface area contributed by atoms with Crippen molar-refractivity contribution in [2.45, 2.75) is 0 Å². The highest BCUT2D eigenvalue weighted by Gasteiger charge is 2.14. The Balaban J connectivity index is 1.72. The number of thiocarbonyl (C=S) groups is 1. The normalized spacial score (nSPS) is 10.5. The number of rotatable bonds is 2. The second-order valence-electron chi connectivity index (χ2n) is 4.68. The first-order valence-electron chi connectivity index (χ1n) is 6.59. The van der Waals surface area contributed by atoms with Crippen LogP contribution in [0.15, 0.2) is 52.9 Å². The summed E-state index contributed by atoms with van der Waals surface area (Å²) in [5.41, 5.74) is 1.14. The number of carbonyl (C=O) groups is 1. The van der Waals surface area contributed by atoms with Gasteiger partial charge in [0.2, 0.25) is 0 Å². The summed E-state index contributed by atoms with van der Waals surface area (Å²) >= 11 is 17.0. The summed E-state index contributed by atoms with van der Waals surface area (Å²) in [6, 6.07) is 13.9. The smallest absolute Gasteiger partial charge is 0.293 e. The van der Waals surface area contributed by atoms with Crippen molar-refractivity contribution in [3.8, 4) is 0 Å². The van der Waals surface area contributed by atoms with Crippen LogP contribution in [0.3, 0.4) is 0 Å². The molecule has 3 rings (SSSR count). The number of amides is 1. The number of fused-ring (bicyclic) bond motifs is 1. The topological polar surface area (TPSA) is 54.3 Å². The molecule has 0 atom stereocenters. The average Bonchev–Trinajstić information content (AvgIpc) is 2.95. The van der Waals surface area contributed by atoms with E-state index in [1.807, 2.05) is 18.2 Å². The van der Waals surface area contributed by atoms with Crippen molar-refractivity contribution in [2.24, 2.45) is 0 Å². The van der Waals surface area contributed by atoms with E-state index in [0.29, 0.717) is 21.3 Å². The van der Waals surface area contributed by atoms with E-state index in [0.717, 1.165) is 5.39 Å². The fraction of sp³-hybridized carbons (Fsp3) is 0. The third kappa shape index (κ3) is 3.64. The Morgan fingerprint density at radius 1 is 1.09 bits per heavy atom. The van der Waals surface area contributed by atoms with Gasteiger partial charge in [-0.15, -0.1) is 0 Å². The largest absolute Gasteiger partial charge is 0.451 e. The van der Waals surface area contributed by atoms with Crippen molar-refractivity contribution in [1.82, 2.24) is 5.32 Å². The second kappa shape index (κ2) is 6.58. The second-order valence-corrected chi connectivity index (χ2v) is 5.93. The Morgan fingerprint density at radius 3 is 2.65 bits per heavy atom. The van der Waals surface area contributed by atoms with Crippen LogP contribution < -0.4 is 10.6 Å². The van der Waals surface area contributed by atoms with Crippen LogP contribution in [0, 0.1) is 0 Å². The zero-order valence-corrected chi connectivity index (χ0v) is 13.9. The van der Waals surface area contributed by atoms with Crippen LogP contribution in [0.2, 0.25) is 10.0 Å². The van der Waals surface area contributed by atoms with Gasteiger partial charge in [-0.3, -0.25) is 10.1 Å². The Morgan fingerprint density at radius 2 is 1.87 bits per heavy atom. The molecule has 0 aliphatic heterocycles.